The monoisotopic (exact) mass is 623 g/mol. The molecule has 0 bridgehead atoms. The molecule has 0 amide bonds. The Morgan fingerprint density at radius 1 is 0.429 bits per heavy atom. The molecule has 1 heterocycles. The molecule has 1 N–H and O–H groups in total. The molecule has 49 heavy (non-hydrogen) atoms. The van der Waals surface area contributed by atoms with Crippen LogP contribution in [0.3, 0.4) is 0 Å². The van der Waals surface area contributed by atoms with Gasteiger partial charge in [0.1, 0.15) is 11.7 Å². The third kappa shape index (κ3) is 3.56. The number of amidine groups is 2. The molecule has 0 radical (unpaired) electrons. The van der Waals surface area contributed by atoms with Crippen molar-refractivity contribution < 1.29 is 0 Å². The summed E-state index contributed by atoms with van der Waals surface area (Å²) in [5.74, 6) is 1.66. The van der Waals surface area contributed by atoms with Gasteiger partial charge in [0.2, 0.25) is 0 Å². The molecule has 11 rings (SSSR count). The maximum absolute atomic E-state index is 5.41. The largest absolute Gasteiger partial charge is 0.324 e. The second kappa shape index (κ2) is 9.85. The van der Waals surface area contributed by atoms with E-state index in [2.05, 4.69) is 163 Å². The van der Waals surface area contributed by atoms with Crippen molar-refractivity contribution in [2.24, 2.45) is 9.98 Å². The molecule has 1 aliphatic heterocycles. The minimum absolute atomic E-state index is 0.393. The lowest BCUT2D eigenvalue weighted by Crippen LogP contribution is -2.36. The standard InChI is InChI=1S/C46H29N3/c1-2-12-31(13-3-1)43-47-44(33-26-23-28-11-4-5-14-32(28)27-33)49-45(48-43)35-18-10-22-39-42(35)34-17-6-7-19-36(34)46(39)37-20-8-15-29-24-25-30-16-9-21-38(46)41(30)40(29)37/h1-27,44H,(H,47,48,49). The van der Waals surface area contributed by atoms with Gasteiger partial charge in [0.05, 0.1) is 5.41 Å². The second-order valence-electron chi connectivity index (χ2n) is 13.3. The van der Waals surface area contributed by atoms with Crippen LogP contribution in [0.4, 0.5) is 0 Å². The number of fused-ring (bicyclic) bond motifs is 8. The Morgan fingerprint density at radius 3 is 1.80 bits per heavy atom. The Kier molecular flexibility index (Phi) is 5.37. The summed E-state index contributed by atoms with van der Waals surface area (Å²) in [7, 11) is 0. The fraction of sp³-hybridized carbons (Fsp3) is 0.0435. The summed E-state index contributed by atoms with van der Waals surface area (Å²) >= 11 is 0. The van der Waals surface area contributed by atoms with Crippen LogP contribution >= 0.6 is 0 Å². The van der Waals surface area contributed by atoms with Gasteiger partial charge in [-0.3, -0.25) is 0 Å². The fourth-order valence-corrected chi connectivity index (χ4v) is 8.88. The molecular formula is C46H29N3. The molecule has 0 saturated heterocycles. The molecule has 1 atom stereocenters. The molecule has 228 valence electrons. The molecule has 0 fully saturated rings. The smallest absolute Gasteiger partial charge is 0.169 e. The van der Waals surface area contributed by atoms with Gasteiger partial charge in [-0.2, -0.15) is 0 Å². The molecule has 1 spiro atoms. The second-order valence-corrected chi connectivity index (χ2v) is 13.3. The number of nitrogens with one attached hydrogen (secondary N) is 1. The lowest BCUT2D eigenvalue weighted by molar-refractivity contribution is 0.757. The average molecular weight is 624 g/mol. The Morgan fingerprint density at radius 2 is 1.00 bits per heavy atom. The predicted octanol–water partition coefficient (Wildman–Crippen LogP) is 10.3. The van der Waals surface area contributed by atoms with Crippen molar-refractivity contribution >= 4 is 44.0 Å². The van der Waals surface area contributed by atoms with E-state index in [1.807, 2.05) is 6.07 Å². The maximum atomic E-state index is 5.41. The summed E-state index contributed by atoms with van der Waals surface area (Å²) in [5.41, 5.74) is 10.6. The summed E-state index contributed by atoms with van der Waals surface area (Å²) in [6, 6.07) is 59.5. The molecule has 8 aromatic rings. The molecule has 0 saturated carbocycles. The highest BCUT2D eigenvalue weighted by Crippen LogP contribution is 2.62. The Labute approximate surface area is 283 Å². The molecular weight excluding hydrogens is 595 g/mol. The minimum Gasteiger partial charge on any atom is -0.324 e. The SMILES string of the molecule is c1ccc(C2=NC(c3ccc4ccccc4c3)N=C(c3cccc4c3-c3ccccc3C43c4cccc5ccc6cccc3c6c45)N2)cc1. The third-order valence-electron chi connectivity index (χ3n) is 10.9. The van der Waals surface area contributed by atoms with Gasteiger partial charge in [-0.15, -0.1) is 0 Å². The zero-order valence-corrected chi connectivity index (χ0v) is 26.6. The van der Waals surface area contributed by atoms with E-state index < -0.39 is 11.6 Å². The first-order valence-corrected chi connectivity index (χ1v) is 16.9. The maximum Gasteiger partial charge on any atom is 0.169 e. The van der Waals surface area contributed by atoms with Crippen LogP contribution in [0.2, 0.25) is 0 Å². The first-order chi connectivity index (χ1) is 24.3. The third-order valence-corrected chi connectivity index (χ3v) is 10.9. The van der Waals surface area contributed by atoms with Crippen molar-refractivity contribution in [1.82, 2.24) is 5.32 Å². The van der Waals surface area contributed by atoms with Gasteiger partial charge in [-0.1, -0.05) is 158 Å². The van der Waals surface area contributed by atoms with E-state index in [-0.39, 0.29) is 0 Å². The summed E-state index contributed by atoms with van der Waals surface area (Å²) in [5, 5.41) is 11.4. The molecule has 1 unspecified atom stereocenters. The first kappa shape index (κ1) is 26.7. The van der Waals surface area contributed by atoms with Crippen molar-refractivity contribution in [3.8, 4) is 11.1 Å². The number of aliphatic imine (C=N–C) groups is 2. The lowest BCUT2D eigenvalue weighted by Gasteiger charge is -2.31. The van der Waals surface area contributed by atoms with Gasteiger partial charge in [-0.25, -0.2) is 9.98 Å². The topological polar surface area (TPSA) is 36.8 Å². The highest BCUT2D eigenvalue weighted by molar-refractivity contribution is 6.21. The summed E-state index contributed by atoms with van der Waals surface area (Å²) in [4.78, 5) is 10.6. The molecule has 2 aliphatic carbocycles. The fourth-order valence-electron chi connectivity index (χ4n) is 8.88. The molecule has 3 nitrogen and oxygen atoms in total. The van der Waals surface area contributed by atoms with Crippen molar-refractivity contribution in [2.45, 2.75) is 11.6 Å². The summed E-state index contributed by atoms with van der Waals surface area (Å²) < 4.78 is 0. The highest BCUT2D eigenvalue weighted by Gasteiger charge is 2.51. The van der Waals surface area contributed by atoms with Crippen LogP contribution < -0.4 is 5.32 Å². The van der Waals surface area contributed by atoms with E-state index in [1.165, 1.54) is 65.7 Å². The molecule has 8 aromatic carbocycles. The van der Waals surface area contributed by atoms with E-state index >= 15 is 0 Å². The van der Waals surface area contributed by atoms with Gasteiger partial charge < -0.3 is 5.32 Å². The van der Waals surface area contributed by atoms with Crippen LogP contribution in [0.5, 0.6) is 0 Å². The lowest BCUT2D eigenvalue weighted by atomic mass is 9.70. The van der Waals surface area contributed by atoms with E-state index in [0.29, 0.717) is 0 Å². The predicted molar refractivity (Wildman–Crippen MR) is 202 cm³/mol. The quantitative estimate of drug-likeness (QED) is 0.195. The Hall–Kier alpha value is -6.32. The van der Waals surface area contributed by atoms with E-state index in [4.69, 9.17) is 9.98 Å². The molecule has 3 heteroatoms. The highest BCUT2D eigenvalue weighted by atomic mass is 15.2. The normalized spacial score (nSPS) is 16.5. The van der Waals surface area contributed by atoms with Crippen LogP contribution in [-0.2, 0) is 5.41 Å². The van der Waals surface area contributed by atoms with Gasteiger partial charge in [0.25, 0.3) is 0 Å². The van der Waals surface area contributed by atoms with Gasteiger partial charge >= 0.3 is 0 Å². The van der Waals surface area contributed by atoms with Crippen LogP contribution in [0.15, 0.2) is 174 Å². The average Bonchev–Trinajstić information content (AvgIpc) is 3.65. The molecule has 3 aliphatic rings. The van der Waals surface area contributed by atoms with Crippen molar-refractivity contribution in [1.29, 1.82) is 0 Å². The number of hydrogen-bond acceptors (Lipinski definition) is 3. The minimum atomic E-state index is -0.423. The van der Waals surface area contributed by atoms with Crippen LogP contribution in [0, 0.1) is 0 Å². The van der Waals surface area contributed by atoms with Crippen LogP contribution in [0.25, 0.3) is 43.4 Å². The van der Waals surface area contributed by atoms with Crippen LogP contribution in [-0.4, -0.2) is 11.7 Å². The first-order valence-electron chi connectivity index (χ1n) is 16.9. The summed E-state index contributed by atoms with van der Waals surface area (Å²) in [6.07, 6.45) is -0.393. The zero-order chi connectivity index (χ0) is 32.1. The van der Waals surface area contributed by atoms with Crippen molar-refractivity contribution in [2.75, 3.05) is 0 Å². The zero-order valence-electron chi connectivity index (χ0n) is 26.6. The Bertz CT molecular complexity index is 2690. The summed E-state index contributed by atoms with van der Waals surface area (Å²) in [6.45, 7) is 0. The van der Waals surface area contributed by atoms with E-state index in [1.54, 1.807) is 0 Å². The van der Waals surface area contributed by atoms with Gasteiger partial charge in [0.15, 0.2) is 6.17 Å². The molecule has 0 aromatic heterocycles. The number of rotatable bonds is 3. The van der Waals surface area contributed by atoms with Gasteiger partial charge in [-0.05, 0) is 77.3 Å². The number of nitrogens with zero attached hydrogens (tertiary/aromatic N) is 2. The number of benzene rings is 8. The number of hydrogen-bond donors (Lipinski definition) is 1. The Balaban J connectivity index is 1.17. The van der Waals surface area contributed by atoms with Crippen LogP contribution in [0.1, 0.15) is 45.1 Å². The van der Waals surface area contributed by atoms with E-state index in [0.717, 1.165) is 28.4 Å². The van der Waals surface area contributed by atoms with Gasteiger partial charge in [0, 0.05) is 11.1 Å². The van der Waals surface area contributed by atoms with Crippen molar-refractivity contribution in [3.63, 3.8) is 0 Å². The van der Waals surface area contributed by atoms with Crippen molar-refractivity contribution in [3.05, 3.63) is 203 Å². The van der Waals surface area contributed by atoms with E-state index in [9.17, 15) is 0 Å².